The highest BCUT2D eigenvalue weighted by atomic mass is 16.3. The highest BCUT2D eigenvalue weighted by Crippen LogP contribution is 2.43. The van der Waals surface area contributed by atoms with Crippen molar-refractivity contribution >= 4 is 10.9 Å². The Kier molecular flexibility index (Phi) is 1.30. The van der Waals surface area contributed by atoms with Gasteiger partial charge in [0.15, 0.2) is 0 Å². The van der Waals surface area contributed by atoms with Gasteiger partial charge in [0.05, 0.1) is 11.1 Å². The van der Waals surface area contributed by atoms with Gasteiger partial charge < -0.3 is 15.8 Å². The lowest BCUT2D eigenvalue weighted by Crippen LogP contribution is -2.18. The number of para-hydroxylation sites is 1. The molecule has 3 rings (SSSR count). The van der Waals surface area contributed by atoms with Crippen molar-refractivity contribution in [2.75, 3.05) is 0 Å². The van der Waals surface area contributed by atoms with Crippen LogP contribution in [0, 0.1) is 0 Å². The van der Waals surface area contributed by atoms with Gasteiger partial charge in [-0.1, -0.05) is 12.1 Å². The van der Waals surface area contributed by atoms with E-state index in [4.69, 9.17) is 5.73 Å². The van der Waals surface area contributed by atoms with Crippen molar-refractivity contribution in [2.45, 2.75) is 18.4 Å². The lowest BCUT2D eigenvalue weighted by Gasteiger charge is -2.03. The highest BCUT2D eigenvalue weighted by molar-refractivity contribution is 5.86. The molecule has 0 aliphatic heterocycles. The molecule has 0 radical (unpaired) electrons. The molecule has 0 unspecified atom stereocenters. The highest BCUT2D eigenvalue weighted by Gasteiger charge is 2.41. The molecule has 1 aromatic heterocycles. The van der Waals surface area contributed by atoms with Crippen molar-refractivity contribution in [1.82, 2.24) is 4.98 Å². The van der Waals surface area contributed by atoms with Crippen LogP contribution in [0.5, 0.6) is 5.75 Å². The minimum Gasteiger partial charge on any atom is -0.506 e. The largest absolute Gasteiger partial charge is 0.506 e. The van der Waals surface area contributed by atoms with Crippen LogP contribution in [0.1, 0.15) is 18.5 Å². The van der Waals surface area contributed by atoms with Crippen molar-refractivity contribution in [1.29, 1.82) is 0 Å². The fourth-order valence-electron chi connectivity index (χ4n) is 1.81. The first-order valence-electron chi connectivity index (χ1n) is 4.79. The fraction of sp³-hybridized carbons (Fsp3) is 0.273. The summed E-state index contributed by atoms with van der Waals surface area (Å²) in [6.45, 7) is 0. The number of rotatable bonds is 1. The van der Waals surface area contributed by atoms with Gasteiger partial charge in [-0.15, -0.1) is 0 Å². The summed E-state index contributed by atoms with van der Waals surface area (Å²) in [6.07, 6.45) is 2.06. The van der Waals surface area contributed by atoms with E-state index < -0.39 is 0 Å². The minimum absolute atomic E-state index is 0.161. The molecule has 1 fully saturated rings. The number of nitrogens with one attached hydrogen (secondary N) is 1. The summed E-state index contributed by atoms with van der Waals surface area (Å²) in [5, 5.41) is 10.6. The lowest BCUT2D eigenvalue weighted by atomic mass is 10.2. The molecule has 2 aromatic rings. The van der Waals surface area contributed by atoms with Crippen molar-refractivity contribution in [3.05, 3.63) is 30.0 Å². The summed E-state index contributed by atoms with van der Waals surface area (Å²) >= 11 is 0. The van der Waals surface area contributed by atoms with Crippen LogP contribution in [0.15, 0.2) is 24.3 Å². The maximum Gasteiger partial charge on any atom is 0.139 e. The number of aromatic nitrogens is 1. The third-order valence-corrected chi connectivity index (χ3v) is 2.96. The van der Waals surface area contributed by atoms with E-state index in [1.165, 1.54) is 0 Å². The number of hydrogen-bond donors (Lipinski definition) is 3. The number of H-pyrrole nitrogens is 1. The number of aromatic hydroxyl groups is 1. The van der Waals surface area contributed by atoms with Crippen LogP contribution in [0.2, 0.25) is 0 Å². The van der Waals surface area contributed by atoms with Crippen LogP contribution in [-0.4, -0.2) is 10.1 Å². The van der Waals surface area contributed by atoms with Crippen LogP contribution in [0.25, 0.3) is 10.9 Å². The number of phenolic OH excluding ortho intramolecular Hbond substituents is 1. The second kappa shape index (κ2) is 2.30. The van der Waals surface area contributed by atoms with Gasteiger partial charge in [0, 0.05) is 11.1 Å². The zero-order chi connectivity index (χ0) is 9.76. The zero-order valence-corrected chi connectivity index (χ0v) is 7.75. The summed E-state index contributed by atoms with van der Waals surface area (Å²) in [4.78, 5) is 3.19. The molecule has 1 heterocycles. The summed E-state index contributed by atoms with van der Waals surface area (Å²) in [5.41, 5.74) is 7.73. The summed E-state index contributed by atoms with van der Waals surface area (Å²) in [5.74, 6) is 0.290. The molecule has 0 bridgehead atoms. The standard InChI is InChI=1S/C11H12N2O/c12-11(4-5-11)9-6-7-2-1-3-8(14)10(7)13-9/h1-3,6,13-14H,4-5,12H2. The third-order valence-electron chi connectivity index (χ3n) is 2.96. The number of fused-ring (bicyclic) bond motifs is 1. The van der Waals surface area contributed by atoms with E-state index >= 15 is 0 Å². The first-order chi connectivity index (χ1) is 6.69. The number of hydrogen-bond acceptors (Lipinski definition) is 2. The van der Waals surface area contributed by atoms with Crippen molar-refractivity contribution in [3.8, 4) is 5.75 Å². The third kappa shape index (κ3) is 0.960. The summed E-state index contributed by atoms with van der Waals surface area (Å²) in [7, 11) is 0. The van der Waals surface area contributed by atoms with Gasteiger partial charge in [0.2, 0.25) is 0 Å². The van der Waals surface area contributed by atoms with Gasteiger partial charge in [0.1, 0.15) is 5.75 Å². The SMILES string of the molecule is NC1(c2cc3cccc(O)c3[nH]2)CC1. The molecule has 1 aromatic carbocycles. The molecule has 72 valence electrons. The first-order valence-corrected chi connectivity index (χ1v) is 4.79. The van der Waals surface area contributed by atoms with Gasteiger partial charge in [0.25, 0.3) is 0 Å². The molecule has 14 heavy (non-hydrogen) atoms. The predicted molar refractivity (Wildman–Crippen MR) is 55.1 cm³/mol. The Morgan fingerprint density at radius 1 is 1.36 bits per heavy atom. The normalized spacial score (nSPS) is 18.6. The lowest BCUT2D eigenvalue weighted by molar-refractivity contribution is 0.480. The quantitative estimate of drug-likeness (QED) is 0.639. The molecule has 3 heteroatoms. The Morgan fingerprint density at radius 2 is 2.14 bits per heavy atom. The van der Waals surface area contributed by atoms with Crippen molar-refractivity contribution < 1.29 is 5.11 Å². The van der Waals surface area contributed by atoms with E-state index in [0.717, 1.165) is 29.4 Å². The second-order valence-electron chi connectivity index (χ2n) is 4.08. The Balaban J connectivity index is 2.25. The Bertz CT molecular complexity index is 497. The number of aromatic amines is 1. The number of phenols is 1. The van der Waals surface area contributed by atoms with E-state index in [-0.39, 0.29) is 11.3 Å². The molecule has 3 nitrogen and oxygen atoms in total. The maximum atomic E-state index is 9.60. The smallest absolute Gasteiger partial charge is 0.139 e. The second-order valence-corrected chi connectivity index (χ2v) is 4.08. The Morgan fingerprint density at radius 3 is 2.79 bits per heavy atom. The molecule has 0 spiro atoms. The van der Waals surface area contributed by atoms with Crippen LogP contribution >= 0.6 is 0 Å². The Labute approximate surface area is 81.5 Å². The predicted octanol–water partition coefficient (Wildman–Crippen LogP) is 1.82. The van der Waals surface area contributed by atoms with E-state index in [9.17, 15) is 5.11 Å². The fourth-order valence-corrected chi connectivity index (χ4v) is 1.81. The van der Waals surface area contributed by atoms with E-state index in [2.05, 4.69) is 4.98 Å². The molecule has 0 saturated heterocycles. The van der Waals surface area contributed by atoms with E-state index in [1.807, 2.05) is 18.2 Å². The summed E-state index contributed by atoms with van der Waals surface area (Å²) in [6, 6.07) is 7.52. The molecule has 1 saturated carbocycles. The van der Waals surface area contributed by atoms with Gasteiger partial charge >= 0.3 is 0 Å². The number of benzene rings is 1. The van der Waals surface area contributed by atoms with Gasteiger partial charge in [-0.2, -0.15) is 0 Å². The molecule has 0 amide bonds. The van der Waals surface area contributed by atoms with E-state index in [0.29, 0.717) is 0 Å². The van der Waals surface area contributed by atoms with Crippen LogP contribution in [-0.2, 0) is 5.54 Å². The molecule has 1 aliphatic carbocycles. The van der Waals surface area contributed by atoms with Crippen LogP contribution in [0.3, 0.4) is 0 Å². The molecule has 4 N–H and O–H groups in total. The van der Waals surface area contributed by atoms with Crippen molar-refractivity contribution in [3.63, 3.8) is 0 Å². The van der Waals surface area contributed by atoms with Crippen LogP contribution < -0.4 is 5.73 Å². The van der Waals surface area contributed by atoms with Crippen molar-refractivity contribution in [2.24, 2.45) is 5.73 Å². The number of nitrogens with two attached hydrogens (primary N) is 1. The maximum absolute atomic E-state index is 9.60. The van der Waals surface area contributed by atoms with Gasteiger partial charge in [-0.05, 0) is 25.0 Å². The van der Waals surface area contributed by atoms with Gasteiger partial charge in [-0.3, -0.25) is 0 Å². The molecular formula is C11H12N2O. The van der Waals surface area contributed by atoms with E-state index in [1.54, 1.807) is 6.07 Å². The average molecular weight is 188 g/mol. The van der Waals surface area contributed by atoms with Crippen LogP contribution in [0.4, 0.5) is 0 Å². The zero-order valence-electron chi connectivity index (χ0n) is 7.75. The summed E-state index contributed by atoms with van der Waals surface area (Å²) < 4.78 is 0. The topological polar surface area (TPSA) is 62.0 Å². The average Bonchev–Trinajstić information content (AvgIpc) is 2.77. The minimum atomic E-state index is -0.161. The van der Waals surface area contributed by atoms with Gasteiger partial charge in [-0.25, -0.2) is 0 Å². The Hall–Kier alpha value is -1.48. The molecule has 1 aliphatic rings. The first kappa shape index (κ1) is 7.88. The monoisotopic (exact) mass is 188 g/mol. The molecular weight excluding hydrogens is 176 g/mol. The molecule has 0 atom stereocenters.